The van der Waals surface area contributed by atoms with Crippen LogP contribution in [0, 0.1) is 11.3 Å². The Morgan fingerprint density at radius 1 is 1.20 bits per heavy atom. The third-order valence-corrected chi connectivity index (χ3v) is 4.20. The van der Waals surface area contributed by atoms with Gasteiger partial charge in [-0.25, -0.2) is 0 Å². The molecule has 0 bridgehead atoms. The largest absolute Gasteiger partial charge is 0.306 e. The summed E-state index contributed by atoms with van der Waals surface area (Å²) in [7, 11) is 2.24. The van der Waals surface area contributed by atoms with Gasteiger partial charge < -0.3 is 4.90 Å². The van der Waals surface area contributed by atoms with E-state index in [9.17, 15) is 0 Å². The van der Waals surface area contributed by atoms with E-state index in [-0.39, 0.29) is 0 Å². The van der Waals surface area contributed by atoms with Crippen molar-refractivity contribution >= 4 is 12.6 Å². The molecule has 0 saturated carbocycles. The van der Waals surface area contributed by atoms with E-state index in [0.29, 0.717) is 5.41 Å². The minimum absolute atomic E-state index is 0.425. The Labute approximate surface area is 102 Å². The van der Waals surface area contributed by atoms with Crippen molar-refractivity contribution in [2.75, 3.05) is 25.9 Å². The van der Waals surface area contributed by atoms with Crippen LogP contribution in [0.5, 0.6) is 0 Å². The maximum atomic E-state index is 4.52. The summed E-state index contributed by atoms with van der Waals surface area (Å²) < 4.78 is 0. The normalized spacial score (nSPS) is 12.8. The first-order valence-corrected chi connectivity index (χ1v) is 6.92. The molecule has 0 aromatic carbocycles. The summed E-state index contributed by atoms with van der Waals surface area (Å²) in [5.74, 6) is 1.81. The average molecular weight is 231 g/mol. The molecular formula is C13H29NS. The standard InChI is InChI=1S/C13H29NS/c1-6-13(7-2,11-15)10-14(5)9-8-12(3)4/h12,15H,6-11H2,1-5H3. The molecule has 92 valence electrons. The van der Waals surface area contributed by atoms with E-state index in [1.54, 1.807) is 0 Å². The van der Waals surface area contributed by atoms with E-state index in [2.05, 4.69) is 52.3 Å². The molecule has 0 rings (SSSR count). The Bertz CT molecular complexity index is 144. The predicted molar refractivity (Wildman–Crippen MR) is 73.8 cm³/mol. The van der Waals surface area contributed by atoms with Crippen LogP contribution in [0.1, 0.15) is 47.0 Å². The van der Waals surface area contributed by atoms with Gasteiger partial charge in [0, 0.05) is 6.54 Å². The first-order chi connectivity index (χ1) is 6.99. The Balaban J connectivity index is 4.05. The van der Waals surface area contributed by atoms with Crippen LogP contribution in [-0.2, 0) is 0 Å². The molecule has 0 amide bonds. The summed E-state index contributed by atoms with van der Waals surface area (Å²) in [4.78, 5) is 2.48. The van der Waals surface area contributed by atoms with Crippen LogP contribution in [-0.4, -0.2) is 30.8 Å². The van der Waals surface area contributed by atoms with E-state index < -0.39 is 0 Å². The van der Waals surface area contributed by atoms with Crippen LogP contribution >= 0.6 is 12.6 Å². The Kier molecular flexibility index (Phi) is 7.72. The number of thiol groups is 1. The van der Waals surface area contributed by atoms with Gasteiger partial charge in [0.05, 0.1) is 0 Å². The first-order valence-electron chi connectivity index (χ1n) is 6.29. The fourth-order valence-electron chi connectivity index (χ4n) is 1.88. The number of rotatable bonds is 8. The molecule has 15 heavy (non-hydrogen) atoms. The van der Waals surface area contributed by atoms with Crippen molar-refractivity contribution in [2.24, 2.45) is 11.3 Å². The van der Waals surface area contributed by atoms with E-state index in [1.165, 1.54) is 32.4 Å². The van der Waals surface area contributed by atoms with Gasteiger partial charge in [-0.15, -0.1) is 0 Å². The molecule has 0 aliphatic heterocycles. The van der Waals surface area contributed by atoms with Crippen molar-refractivity contribution in [3.63, 3.8) is 0 Å². The maximum Gasteiger partial charge on any atom is 0.00425 e. The lowest BCUT2D eigenvalue weighted by Gasteiger charge is -2.34. The van der Waals surface area contributed by atoms with Gasteiger partial charge in [-0.3, -0.25) is 0 Å². The minimum Gasteiger partial charge on any atom is -0.306 e. The first kappa shape index (κ1) is 15.3. The Morgan fingerprint density at radius 3 is 2.07 bits per heavy atom. The number of hydrogen-bond donors (Lipinski definition) is 1. The highest BCUT2D eigenvalue weighted by Crippen LogP contribution is 2.28. The Hall–Kier alpha value is 0.310. The average Bonchev–Trinajstić information content (AvgIpc) is 2.23. The van der Waals surface area contributed by atoms with Crippen LogP contribution in [0.2, 0.25) is 0 Å². The van der Waals surface area contributed by atoms with Crippen LogP contribution < -0.4 is 0 Å². The fraction of sp³-hybridized carbons (Fsp3) is 1.00. The van der Waals surface area contributed by atoms with Gasteiger partial charge in [0.15, 0.2) is 0 Å². The number of hydrogen-bond acceptors (Lipinski definition) is 2. The molecule has 0 aromatic heterocycles. The second kappa shape index (κ2) is 7.56. The third-order valence-electron chi connectivity index (χ3n) is 3.53. The van der Waals surface area contributed by atoms with Crippen LogP contribution in [0.4, 0.5) is 0 Å². The van der Waals surface area contributed by atoms with Gasteiger partial charge in [0.1, 0.15) is 0 Å². The quantitative estimate of drug-likeness (QED) is 0.623. The molecule has 0 unspecified atom stereocenters. The van der Waals surface area contributed by atoms with Gasteiger partial charge in [-0.2, -0.15) is 12.6 Å². The van der Waals surface area contributed by atoms with Crippen molar-refractivity contribution in [1.29, 1.82) is 0 Å². The molecule has 0 N–H and O–H groups in total. The van der Waals surface area contributed by atoms with Crippen molar-refractivity contribution in [2.45, 2.75) is 47.0 Å². The monoisotopic (exact) mass is 231 g/mol. The zero-order valence-electron chi connectivity index (χ0n) is 11.2. The van der Waals surface area contributed by atoms with Crippen LogP contribution in [0.25, 0.3) is 0 Å². The molecule has 0 aromatic rings. The SMILES string of the molecule is CCC(CC)(CS)CN(C)CCC(C)C. The fourth-order valence-corrected chi connectivity index (χ4v) is 2.42. The number of nitrogens with zero attached hydrogens (tertiary/aromatic N) is 1. The summed E-state index contributed by atoms with van der Waals surface area (Å²) >= 11 is 4.52. The molecule has 0 spiro atoms. The van der Waals surface area contributed by atoms with Gasteiger partial charge in [-0.05, 0) is 49.9 Å². The highest BCUT2D eigenvalue weighted by Gasteiger charge is 2.25. The Morgan fingerprint density at radius 2 is 1.73 bits per heavy atom. The lowest BCUT2D eigenvalue weighted by molar-refractivity contribution is 0.178. The van der Waals surface area contributed by atoms with Crippen molar-refractivity contribution in [3.8, 4) is 0 Å². The second-order valence-electron chi connectivity index (χ2n) is 5.29. The van der Waals surface area contributed by atoms with E-state index >= 15 is 0 Å². The molecular weight excluding hydrogens is 202 g/mol. The van der Waals surface area contributed by atoms with Crippen molar-refractivity contribution in [3.05, 3.63) is 0 Å². The summed E-state index contributed by atoms with van der Waals surface area (Å²) in [6.45, 7) is 11.6. The van der Waals surface area contributed by atoms with E-state index in [0.717, 1.165) is 11.7 Å². The second-order valence-corrected chi connectivity index (χ2v) is 5.60. The summed E-state index contributed by atoms with van der Waals surface area (Å²) in [5, 5.41) is 0. The topological polar surface area (TPSA) is 3.24 Å². The molecule has 0 fully saturated rings. The zero-order chi connectivity index (χ0) is 11.9. The molecule has 0 saturated heterocycles. The summed E-state index contributed by atoms with van der Waals surface area (Å²) in [5.41, 5.74) is 0.425. The molecule has 2 heteroatoms. The van der Waals surface area contributed by atoms with Crippen LogP contribution in [0.3, 0.4) is 0 Å². The van der Waals surface area contributed by atoms with Gasteiger partial charge in [0.25, 0.3) is 0 Å². The van der Waals surface area contributed by atoms with Crippen LogP contribution in [0.15, 0.2) is 0 Å². The predicted octanol–water partition coefficient (Wildman–Crippen LogP) is 3.70. The van der Waals surface area contributed by atoms with Gasteiger partial charge in [0.2, 0.25) is 0 Å². The van der Waals surface area contributed by atoms with Crippen molar-refractivity contribution in [1.82, 2.24) is 4.90 Å². The van der Waals surface area contributed by atoms with Gasteiger partial charge >= 0.3 is 0 Å². The smallest absolute Gasteiger partial charge is 0.00425 e. The maximum absolute atomic E-state index is 4.52. The lowest BCUT2D eigenvalue weighted by atomic mass is 9.84. The third kappa shape index (κ3) is 5.82. The molecule has 0 atom stereocenters. The van der Waals surface area contributed by atoms with E-state index in [1.807, 2.05) is 0 Å². The summed E-state index contributed by atoms with van der Waals surface area (Å²) in [6.07, 6.45) is 3.77. The van der Waals surface area contributed by atoms with Crippen molar-refractivity contribution < 1.29 is 0 Å². The minimum atomic E-state index is 0.425. The molecule has 0 heterocycles. The molecule has 0 aliphatic rings. The summed E-state index contributed by atoms with van der Waals surface area (Å²) in [6, 6.07) is 0. The molecule has 1 nitrogen and oxygen atoms in total. The van der Waals surface area contributed by atoms with Gasteiger partial charge in [-0.1, -0.05) is 27.7 Å². The molecule has 0 radical (unpaired) electrons. The van der Waals surface area contributed by atoms with E-state index in [4.69, 9.17) is 0 Å². The molecule has 0 aliphatic carbocycles. The lowest BCUT2D eigenvalue weighted by Crippen LogP contribution is -2.37. The zero-order valence-corrected chi connectivity index (χ0v) is 12.1. The highest BCUT2D eigenvalue weighted by molar-refractivity contribution is 7.80. The highest BCUT2D eigenvalue weighted by atomic mass is 32.1.